The van der Waals surface area contributed by atoms with Gasteiger partial charge in [0.15, 0.2) is 5.13 Å². The van der Waals surface area contributed by atoms with Crippen LogP contribution in [-0.2, 0) is 4.79 Å². The first-order chi connectivity index (χ1) is 13.6. The van der Waals surface area contributed by atoms with Crippen molar-refractivity contribution in [3.63, 3.8) is 0 Å². The SMILES string of the molecule is O=C(CN1C(=O)c2ccccc2N2C(=O)c3ccccc3[C@H]12)Nc1nccs1. The fourth-order valence-corrected chi connectivity index (χ4v) is 4.28. The number of amides is 3. The number of para-hydroxylation sites is 1. The number of carbonyl (C=O) groups excluding carboxylic acids is 3. The number of rotatable bonds is 3. The number of nitrogens with one attached hydrogen (secondary N) is 1. The lowest BCUT2D eigenvalue weighted by molar-refractivity contribution is -0.117. The van der Waals surface area contributed by atoms with Crippen molar-refractivity contribution in [1.29, 1.82) is 0 Å². The normalized spacial score (nSPS) is 17.2. The Bertz CT molecular complexity index is 1110. The van der Waals surface area contributed by atoms with Crippen LogP contribution in [0, 0.1) is 0 Å². The maximum Gasteiger partial charge on any atom is 0.260 e. The zero-order valence-electron chi connectivity index (χ0n) is 14.5. The minimum atomic E-state index is -0.645. The number of carbonyl (C=O) groups is 3. The van der Waals surface area contributed by atoms with Gasteiger partial charge in [-0.15, -0.1) is 11.3 Å². The summed E-state index contributed by atoms with van der Waals surface area (Å²) in [6.45, 7) is -0.185. The van der Waals surface area contributed by atoms with Gasteiger partial charge in [-0.25, -0.2) is 4.98 Å². The van der Waals surface area contributed by atoms with E-state index in [0.717, 1.165) is 5.56 Å². The highest BCUT2D eigenvalue weighted by Crippen LogP contribution is 2.44. The van der Waals surface area contributed by atoms with Crippen molar-refractivity contribution < 1.29 is 14.4 Å². The van der Waals surface area contributed by atoms with Gasteiger partial charge >= 0.3 is 0 Å². The van der Waals surface area contributed by atoms with E-state index < -0.39 is 6.17 Å². The lowest BCUT2D eigenvalue weighted by Gasteiger charge is -2.40. The second kappa shape index (κ2) is 6.28. The van der Waals surface area contributed by atoms with Gasteiger partial charge < -0.3 is 10.2 Å². The molecule has 0 fully saturated rings. The van der Waals surface area contributed by atoms with Crippen LogP contribution in [-0.4, -0.2) is 34.2 Å². The molecule has 5 rings (SSSR count). The van der Waals surface area contributed by atoms with E-state index in [-0.39, 0.29) is 24.3 Å². The van der Waals surface area contributed by atoms with Crippen LogP contribution in [0.2, 0.25) is 0 Å². The second-order valence-corrected chi connectivity index (χ2v) is 7.37. The predicted octanol–water partition coefficient (Wildman–Crippen LogP) is 2.90. The van der Waals surface area contributed by atoms with E-state index in [4.69, 9.17) is 0 Å². The Morgan fingerprint density at radius 1 is 1.04 bits per heavy atom. The molecule has 0 saturated carbocycles. The molecule has 3 amide bonds. The highest BCUT2D eigenvalue weighted by molar-refractivity contribution is 7.13. The van der Waals surface area contributed by atoms with Gasteiger partial charge in [0.05, 0.1) is 11.3 Å². The summed E-state index contributed by atoms with van der Waals surface area (Å²) in [5.41, 5.74) is 2.23. The molecule has 1 N–H and O–H groups in total. The van der Waals surface area contributed by atoms with Crippen LogP contribution < -0.4 is 10.2 Å². The molecule has 7 nitrogen and oxygen atoms in total. The molecular formula is C20H14N4O3S. The second-order valence-electron chi connectivity index (χ2n) is 6.47. The zero-order valence-corrected chi connectivity index (χ0v) is 15.3. The number of hydrogen-bond donors (Lipinski definition) is 1. The molecule has 1 atom stereocenters. The summed E-state index contributed by atoms with van der Waals surface area (Å²) in [5.74, 6) is -0.819. The first-order valence-corrected chi connectivity index (χ1v) is 9.55. The van der Waals surface area contributed by atoms with Gasteiger partial charge in [-0.05, 0) is 18.2 Å². The van der Waals surface area contributed by atoms with E-state index in [2.05, 4.69) is 10.3 Å². The molecule has 0 bridgehead atoms. The minimum Gasteiger partial charge on any atom is -0.304 e. The number of nitrogens with zero attached hydrogens (tertiary/aromatic N) is 3. The quantitative estimate of drug-likeness (QED) is 0.745. The molecule has 0 radical (unpaired) electrons. The van der Waals surface area contributed by atoms with Gasteiger partial charge in [0.25, 0.3) is 11.8 Å². The summed E-state index contributed by atoms with van der Waals surface area (Å²) < 4.78 is 0. The van der Waals surface area contributed by atoms with Crippen molar-refractivity contribution in [2.45, 2.75) is 6.17 Å². The fraction of sp³-hybridized carbons (Fsp3) is 0.100. The zero-order chi connectivity index (χ0) is 19.3. The van der Waals surface area contributed by atoms with E-state index >= 15 is 0 Å². The molecule has 0 saturated heterocycles. The number of hydrogen-bond acceptors (Lipinski definition) is 5. The molecule has 2 aliphatic heterocycles. The van der Waals surface area contributed by atoms with E-state index in [1.165, 1.54) is 16.2 Å². The van der Waals surface area contributed by atoms with Crippen molar-refractivity contribution in [2.75, 3.05) is 16.8 Å². The average molecular weight is 390 g/mol. The fourth-order valence-electron chi connectivity index (χ4n) is 3.73. The third kappa shape index (κ3) is 2.42. The molecule has 3 aromatic rings. The standard InChI is InChI=1S/C20H14N4O3S/c25-16(22-20-21-9-10-28-20)11-23-17-12-5-1-2-6-13(12)19(27)24(17)15-8-4-3-7-14(15)18(23)26/h1-10,17H,11H2,(H,21,22,25)/t17-/m1/s1. The predicted molar refractivity (Wildman–Crippen MR) is 104 cm³/mol. The van der Waals surface area contributed by atoms with Crippen LogP contribution >= 0.6 is 11.3 Å². The number of fused-ring (bicyclic) bond motifs is 5. The van der Waals surface area contributed by atoms with Crippen molar-refractivity contribution in [3.8, 4) is 0 Å². The minimum absolute atomic E-state index is 0.175. The number of anilines is 2. The van der Waals surface area contributed by atoms with Crippen LogP contribution in [0.1, 0.15) is 32.4 Å². The first-order valence-electron chi connectivity index (χ1n) is 8.67. The lowest BCUT2D eigenvalue weighted by atomic mass is 10.0. The van der Waals surface area contributed by atoms with Gasteiger partial charge in [0, 0.05) is 22.7 Å². The van der Waals surface area contributed by atoms with Crippen LogP contribution in [0.3, 0.4) is 0 Å². The molecular weight excluding hydrogens is 376 g/mol. The molecule has 3 heterocycles. The van der Waals surface area contributed by atoms with Crippen molar-refractivity contribution >= 4 is 39.9 Å². The van der Waals surface area contributed by atoms with Crippen LogP contribution in [0.5, 0.6) is 0 Å². The first kappa shape index (κ1) is 16.6. The number of benzene rings is 2. The van der Waals surface area contributed by atoms with E-state index in [1.54, 1.807) is 52.9 Å². The van der Waals surface area contributed by atoms with Gasteiger partial charge in [-0.2, -0.15) is 0 Å². The van der Waals surface area contributed by atoms with Gasteiger partial charge in [-0.3, -0.25) is 19.3 Å². The largest absolute Gasteiger partial charge is 0.304 e. The van der Waals surface area contributed by atoms with Crippen LogP contribution in [0.15, 0.2) is 60.1 Å². The van der Waals surface area contributed by atoms with Gasteiger partial charge in [0.2, 0.25) is 5.91 Å². The van der Waals surface area contributed by atoms with Crippen molar-refractivity contribution in [2.24, 2.45) is 0 Å². The van der Waals surface area contributed by atoms with Crippen molar-refractivity contribution in [3.05, 3.63) is 76.8 Å². The summed E-state index contributed by atoms with van der Waals surface area (Å²) in [6, 6.07) is 14.2. The van der Waals surface area contributed by atoms with Gasteiger partial charge in [-0.1, -0.05) is 30.3 Å². The van der Waals surface area contributed by atoms with E-state index in [1.807, 2.05) is 12.1 Å². The smallest absolute Gasteiger partial charge is 0.260 e. The molecule has 2 aromatic carbocycles. The Morgan fingerprint density at radius 2 is 1.79 bits per heavy atom. The maximum atomic E-state index is 13.2. The molecule has 0 aliphatic carbocycles. The molecule has 2 aliphatic rings. The highest BCUT2D eigenvalue weighted by atomic mass is 32.1. The van der Waals surface area contributed by atoms with Crippen LogP contribution in [0.25, 0.3) is 0 Å². The summed E-state index contributed by atoms with van der Waals surface area (Å²) >= 11 is 1.30. The summed E-state index contributed by atoms with van der Waals surface area (Å²) in [6.07, 6.45) is 0.948. The summed E-state index contributed by atoms with van der Waals surface area (Å²) in [4.78, 5) is 45.9. The van der Waals surface area contributed by atoms with E-state index in [9.17, 15) is 14.4 Å². The Hall–Kier alpha value is -3.52. The third-order valence-electron chi connectivity index (χ3n) is 4.88. The molecule has 0 spiro atoms. The Kier molecular flexibility index (Phi) is 3.73. The lowest BCUT2D eigenvalue weighted by Crippen LogP contribution is -2.50. The summed E-state index contributed by atoms with van der Waals surface area (Å²) in [5, 5.41) is 4.92. The van der Waals surface area contributed by atoms with Crippen molar-refractivity contribution in [1.82, 2.24) is 9.88 Å². The Morgan fingerprint density at radius 3 is 2.57 bits per heavy atom. The number of thiazole rings is 1. The average Bonchev–Trinajstić information content (AvgIpc) is 3.32. The van der Waals surface area contributed by atoms with E-state index in [0.29, 0.717) is 21.9 Å². The Balaban J connectivity index is 1.57. The molecule has 0 unspecified atom stereocenters. The number of aromatic nitrogens is 1. The molecule has 8 heteroatoms. The third-order valence-corrected chi connectivity index (χ3v) is 5.56. The topological polar surface area (TPSA) is 82.6 Å². The molecule has 1 aromatic heterocycles. The highest BCUT2D eigenvalue weighted by Gasteiger charge is 2.48. The summed E-state index contributed by atoms with van der Waals surface area (Å²) in [7, 11) is 0. The maximum absolute atomic E-state index is 13.2. The Labute approximate surface area is 164 Å². The van der Waals surface area contributed by atoms with Gasteiger partial charge in [0.1, 0.15) is 12.7 Å². The molecule has 28 heavy (non-hydrogen) atoms. The van der Waals surface area contributed by atoms with Crippen LogP contribution in [0.4, 0.5) is 10.8 Å². The monoisotopic (exact) mass is 390 g/mol. The molecule has 138 valence electrons.